The molecule has 53 valence electrons. The summed E-state index contributed by atoms with van der Waals surface area (Å²) in [5, 5.41) is 0. The molecule has 1 rings (SSSR count). The van der Waals surface area contributed by atoms with Crippen molar-refractivity contribution in [1.29, 1.82) is 0 Å². The van der Waals surface area contributed by atoms with E-state index in [4.69, 9.17) is 0 Å². The van der Waals surface area contributed by atoms with Gasteiger partial charge in [-0.3, -0.25) is 0 Å². The summed E-state index contributed by atoms with van der Waals surface area (Å²) in [4.78, 5) is 0. The van der Waals surface area contributed by atoms with Gasteiger partial charge >= 0.3 is 0 Å². The third-order valence-corrected chi connectivity index (χ3v) is 2.21. The van der Waals surface area contributed by atoms with Gasteiger partial charge in [0, 0.05) is 18.6 Å². The molecule has 0 spiro atoms. The Kier molecular flexibility index (Phi) is 3.92. The summed E-state index contributed by atoms with van der Waals surface area (Å²) in [6.07, 6.45) is 7.31. The number of hydrogen-bond donors (Lipinski definition) is 0. The van der Waals surface area contributed by atoms with Gasteiger partial charge in [-0.1, -0.05) is 33.1 Å². The molecule has 1 saturated carbocycles. The maximum atomic E-state index is 2.38. The molecule has 0 aromatic carbocycles. The van der Waals surface area contributed by atoms with Crippen molar-refractivity contribution in [3.05, 3.63) is 0 Å². The van der Waals surface area contributed by atoms with Crippen molar-refractivity contribution in [3.63, 3.8) is 0 Å². The Labute approximate surface area is 70.3 Å². The molecule has 0 heterocycles. The molecule has 1 radical (unpaired) electrons. The Morgan fingerprint density at radius 3 is 1.56 bits per heavy atom. The van der Waals surface area contributed by atoms with Crippen LogP contribution < -0.4 is 0 Å². The first-order valence-corrected chi connectivity index (χ1v) is 3.71. The summed E-state index contributed by atoms with van der Waals surface area (Å²) >= 11 is 0. The molecule has 1 aliphatic carbocycles. The Bertz CT molecular complexity index is 68.6. The van der Waals surface area contributed by atoms with E-state index in [9.17, 15) is 0 Å². The second-order valence-electron chi connectivity index (χ2n) is 3.72. The van der Waals surface area contributed by atoms with E-state index in [1.54, 1.807) is 0 Å². The predicted octanol–water partition coefficient (Wildman–Crippen LogP) is 2.97. The fraction of sp³-hybridized carbons (Fsp3) is 1.00. The normalized spacial score (nSPS) is 24.7. The SMILES string of the molecule is CC1(C)CCCCC1.[V]. The molecule has 0 saturated heterocycles. The van der Waals surface area contributed by atoms with Crippen LogP contribution in [-0.4, -0.2) is 0 Å². The fourth-order valence-electron chi connectivity index (χ4n) is 1.51. The molecule has 0 amide bonds. The van der Waals surface area contributed by atoms with Crippen molar-refractivity contribution in [2.75, 3.05) is 0 Å². The molecule has 1 heteroatoms. The van der Waals surface area contributed by atoms with Gasteiger partial charge in [-0.15, -0.1) is 0 Å². The fourth-order valence-corrected chi connectivity index (χ4v) is 1.51. The van der Waals surface area contributed by atoms with Gasteiger partial charge in [0.1, 0.15) is 0 Å². The minimum atomic E-state index is 0. The predicted molar refractivity (Wildman–Crippen MR) is 36.9 cm³/mol. The minimum absolute atomic E-state index is 0. The van der Waals surface area contributed by atoms with Gasteiger partial charge in [0.05, 0.1) is 0 Å². The molecule has 0 aromatic heterocycles. The van der Waals surface area contributed by atoms with Gasteiger partial charge in [0.15, 0.2) is 0 Å². The zero-order chi connectivity index (χ0) is 6.04. The quantitative estimate of drug-likeness (QED) is 0.515. The molecule has 0 aliphatic heterocycles. The topological polar surface area (TPSA) is 0 Å². The summed E-state index contributed by atoms with van der Waals surface area (Å²) in [7, 11) is 0. The number of rotatable bonds is 0. The average molecular weight is 163 g/mol. The van der Waals surface area contributed by atoms with Crippen LogP contribution in [0.5, 0.6) is 0 Å². The van der Waals surface area contributed by atoms with Crippen LogP contribution in [0.2, 0.25) is 0 Å². The molecule has 0 unspecified atom stereocenters. The largest absolute Gasteiger partial charge is 0.0599 e. The van der Waals surface area contributed by atoms with E-state index in [1.807, 2.05) is 0 Å². The Morgan fingerprint density at radius 1 is 0.889 bits per heavy atom. The Hall–Kier alpha value is 0.584. The van der Waals surface area contributed by atoms with E-state index in [0.29, 0.717) is 5.41 Å². The van der Waals surface area contributed by atoms with Crippen molar-refractivity contribution < 1.29 is 18.6 Å². The monoisotopic (exact) mass is 163 g/mol. The maximum Gasteiger partial charge on any atom is 0 e. The van der Waals surface area contributed by atoms with Crippen LogP contribution in [0.4, 0.5) is 0 Å². The maximum absolute atomic E-state index is 2.38. The Balaban J connectivity index is 0.000000640. The van der Waals surface area contributed by atoms with E-state index in [-0.39, 0.29) is 18.6 Å². The van der Waals surface area contributed by atoms with E-state index < -0.39 is 0 Å². The molecular formula is C8H16V. The van der Waals surface area contributed by atoms with Crippen LogP contribution in [0.1, 0.15) is 46.0 Å². The molecule has 1 fully saturated rings. The van der Waals surface area contributed by atoms with Crippen molar-refractivity contribution >= 4 is 0 Å². The van der Waals surface area contributed by atoms with Crippen molar-refractivity contribution in [2.45, 2.75) is 46.0 Å². The van der Waals surface area contributed by atoms with Crippen LogP contribution in [-0.2, 0) is 18.6 Å². The van der Waals surface area contributed by atoms with Crippen LogP contribution in [0.25, 0.3) is 0 Å². The third-order valence-electron chi connectivity index (χ3n) is 2.21. The van der Waals surface area contributed by atoms with Crippen LogP contribution in [0.3, 0.4) is 0 Å². The standard InChI is InChI=1S/C8H16.V/c1-8(2)6-4-3-5-7-8;/h3-7H2,1-2H3;. The van der Waals surface area contributed by atoms with Crippen molar-refractivity contribution in [2.24, 2.45) is 5.41 Å². The molecule has 9 heavy (non-hydrogen) atoms. The van der Waals surface area contributed by atoms with Crippen LogP contribution >= 0.6 is 0 Å². The molecule has 1 aliphatic rings. The summed E-state index contributed by atoms with van der Waals surface area (Å²) < 4.78 is 0. The van der Waals surface area contributed by atoms with Crippen molar-refractivity contribution in [3.8, 4) is 0 Å². The van der Waals surface area contributed by atoms with E-state index >= 15 is 0 Å². The second kappa shape index (κ2) is 3.68. The summed E-state index contributed by atoms with van der Waals surface area (Å²) in [5.74, 6) is 0. The molecule has 0 atom stereocenters. The van der Waals surface area contributed by atoms with Gasteiger partial charge in [-0.25, -0.2) is 0 Å². The summed E-state index contributed by atoms with van der Waals surface area (Å²) in [6, 6.07) is 0. The average Bonchev–Trinajstić information content (AvgIpc) is 1.65. The first kappa shape index (κ1) is 9.58. The van der Waals surface area contributed by atoms with E-state index in [1.165, 1.54) is 32.1 Å². The summed E-state index contributed by atoms with van der Waals surface area (Å²) in [6.45, 7) is 4.76. The first-order valence-electron chi connectivity index (χ1n) is 3.71. The molecule has 0 nitrogen and oxygen atoms in total. The van der Waals surface area contributed by atoms with Gasteiger partial charge in [-0.2, -0.15) is 0 Å². The Morgan fingerprint density at radius 2 is 1.33 bits per heavy atom. The molecule has 0 N–H and O–H groups in total. The molecule has 0 aromatic rings. The van der Waals surface area contributed by atoms with Gasteiger partial charge in [-0.05, 0) is 18.3 Å². The smallest absolute Gasteiger partial charge is 0 e. The molecule has 0 bridgehead atoms. The van der Waals surface area contributed by atoms with Gasteiger partial charge in [0.2, 0.25) is 0 Å². The van der Waals surface area contributed by atoms with Gasteiger partial charge in [0.25, 0.3) is 0 Å². The first-order chi connectivity index (χ1) is 3.71. The molecular weight excluding hydrogens is 147 g/mol. The minimum Gasteiger partial charge on any atom is -0.0599 e. The third kappa shape index (κ3) is 3.32. The van der Waals surface area contributed by atoms with E-state index in [2.05, 4.69) is 13.8 Å². The zero-order valence-electron chi connectivity index (χ0n) is 6.48. The zero-order valence-corrected chi connectivity index (χ0v) is 7.88. The van der Waals surface area contributed by atoms with Crippen LogP contribution in [0.15, 0.2) is 0 Å². The second-order valence-corrected chi connectivity index (χ2v) is 3.72. The number of hydrogen-bond acceptors (Lipinski definition) is 0. The summed E-state index contributed by atoms with van der Waals surface area (Å²) in [5.41, 5.74) is 0.679. The van der Waals surface area contributed by atoms with E-state index in [0.717, 1.165) is 0 Å². The van der Waals surface area contributed by atoms with Crippen LogP contribution in [0, 0.1) is 5.41 Å². The van der Waals surface area contributed by atoms with Crippen molar-refractivity contribution in [1.82, 2.24) is 0 Å². The van der Waals surface area contributed by atoms with Gasteiger partial charge < -0.3 is 0 Å².